The van der Waals surface area contributed by atoms with Crippen molar-refractivity contribution in [1.82, 2.24) is 4.90 Å². The third kappa shape index (κ3) is 5.14. The number of hydrogen-bond acceptors (Lipinski definition) is 3. The molecule has 0 saturated heterocycles. The number of amides is 1. The zero-order chi connectivity index (χ0) is 12.8. The van der Waals surface area contributed by atoms with Gasteiger partial charge in [0.25, 0.3) is 0 Å². The summed E-state index contributed by atoms with van der Waals surface area (Å²) in [4.78, 5) is 24.8. The monoisotopic (exact) mass is 229 g/mol. The summed E-state index contributed by atoms with van der Waals surface area (Å²) in [5.41, 5.74) is -0.398. The van der Waals surface area contributed by atoms with E-state index >= 15 is 0 Å². The minimum Gasteiger partial charge on any atom is -0.469 e. The summed E-state index contributed by atoms with van der Waals surface area (Å²) in [6.07, 6.45) is 1.15. The first-order valence-corrected chi connectivity index (χ1v) is 5.69. The maximum Gasteiger partial charge on any atom is 0.307 e. The van der Waals surface area contributed by atoms with Gasteiger partial charge in [0.05, 0.1) is 13.5 Å². The molecule has 0 aliphatic rings. The van der Waals surface area contributed by atoms with E-state index in [0.717, 1.165) is 6.42 Å². The van der Waals surface area contributed by atoms with Gasteiger partial charge in [-0.1, -0.05) is 27.7 Å². The molecule has 0 aromatic rings. The summed E-state index contributed by atoms with van der Waals surface area (Å²) in [6.45, 7) is 8.80. The average molecular weight is 229 g/mol. The Morgan fingerprint density at radius 3 is 2.12 bits per heavy atom. The highest BCUT2D eigenvalue weighted by Gasteiger charge is 2.26. The van der Waals surface area contributed by atoms with E-state index < -0.39 is 5.41 Å². The van der Waals surface area contributed by atoms with Crippen molar-refractivity contribution < 1.29 is 14.3 Å². The van der Waals surface area contributed by atoms with Crippen LogP contribution in [0.2, 0.25) is 0 Å². The normalized spacial score (nSPS) is 11.1. The molecule has 0 aromatic heterocycles. The molecular weight excluding hydrogens is 206 g/mol. The predicted molar refractivity (Wildman–Crippen MR) is 63.0 cm³/mol. The van der Waals surface area contributed by atoms with Crippen molar-refractivity contribution in [3.63, 3.8) is 0 Å². The summed E-state index contributed by atoms with van der Waals surface area (Å²) in [5.74, 6) is -0.193. The molecule has 16 heavy (non-hydrogen) atoms. The highest BCUT2D eigenvalue weighted by atomic mass is 16.5. The second-order valence-electron chi connectivity index (χ2n) is 4.87. The van der Waals surface area contributed by atoms with Crippen LogP contribution in [-0.2, 0) is 14.3 Å². The second kappa shape index (κ2) is 6.51. The minimum atomic E-state index is -0.398. The van der Waals surface area contributed by atoms with Gasteiger partial charge in [0.15, 0.2) is 0 Å². The smallest absolute Gasteiger partial charge is 0.307 e. The highest BCUT2D eigenvalue weighted by molar-refractivity contribution is 5.82. The van der Waals surface area contributed by atoms with Crippen LogP contribution in [0, 0.1) is 5.41 Å². The number of rotatable bonds is 5. The predicted octanol–water partition coefficient (Wildman–Crippen LogP) is 1.83. The van der Waals surface area contributed by atoms with E-state index in [4.69, 9.17) is 0 Å². The average Bonchev–Trinajstić information content (AvgIpc) is 2.21. The summed E-state index contributed by atoms with van der Waals surface area (Å²) in [5, 5.41) is 0. The Hall–Kier alpha value is -1.06. The molecule has 0 fully saturated rings. The van der Waals surface area contributed by atoms with E-state index in [-0.39, 0.29) is 18.3 Å². The van der Waals surface area contributed by atoms with Gasteiger partial charge in [-0.25, -0.2) is 0 Å². The number of hydrogen-bond donors (Lipinski definition) is 0. The van der Waals surface area contributed by atoms with Crippen molar-refractivity contribution in [3.05, 3.63) is 0 Å². The minimum absolute atomic E-state index is 0.0817. The van der Waals surface area contributed by atoms with Gasteiger partial charge in [-0.15, -0.1) is 0 Å². The number of nitrogens with zero attached hydrogens (tertiary/aromatic N) is 1. The van der Waals surface area contributed by atoms with Crippen LogP contribution in [0.4, 0.5) is 0 Å². The molecular formula is C12H23NO3. The van der Waals surface area contributed by atoms with Gasteiger partial charge in [-0.2, -0.15) is 0 Å². The molecule has 0 heterocycles. The van der Waals surface area contributed by atoms with E-state index in [2.05, 4.69) is 4.74 Å². The second-order valence-corrected chi connectivity index (χ2v) is 4.87. The van der Waals surface area contributed by atoms with Crippen LogP contribution in [0.3, 0.4) is 0 Å². The number of ether oxygens (including phenoxy) is 1. The molecule has 4 nitrogen and oxygen atoms in total. The fourth-order valence-corrected chi connectivity index (χ4v) is 1.39. The summed E-state index contributed by atoms with van der Waals surface area (Å²) >= 11 is 0. The van der Waals surface area contributed by atoms with Gasteiger partial charge >= 0.3 is 5.97 Å². The van der Waals surface area contributed by atoms with Crippen molar-refractivity contribution in [2.24, 2.45) is 5.41 Å². The fraction of sp³-hybridized carbons (Fsp3) is 0.833. The van der Waals surface area contributed by atoms with Crippen molar-refractivity contribution in [3.8, 4) is 0 Å². The lowest BCUT2D eigenvalue weighted by Crippen LogP contribution is -2.41. The molecule has 0 N–H and O–H groups in total. The SMILES string of the molecule is CCCN(CCC(=O)OC)C(=O)C(C)(C)C. The van der Waals surface area contributed by atoms with Crippen LogP contribution in [0.25, 0.3) is 0 Å². The fourth-order valence-electron chi connectivity index (χ4n) is 1.39. The number of methoxy groups -OCH3 is 1. The lowest BCUT2D eigenvalue weighted by Gasteiger charge is -2.29. The maximum atomic E-state index is 12.0. The van der Waals surface area contributed by atoms with E-state index in [0.29, 0.717) is 13.1 Å². The lowest BCUT2D eigenvalue weighted by atomic mass is 9.94. The Balaban J connectivity index is 4.38. The Morgan fingerprint density at radius 2 is 1.75 bits per heavy atom. The van der Waals surface area contributed by atoms with E-state index in [9.17, 15) is 9.59 Å². The van der Waals surface area contributed by atoms with Gasteiger partial charge < -0.3 is 9.64 Å². The molecule has 4 heteroatoms. The zero-order valence-corrected chi connectivity index (χ0v) is 11.0. The third-order valence-corrected chi connectivity index (χ3v) is 2.24. The Labute approximate surface area is 98.0 Å². The van der Waals surface area contributed by atoms with Crippen LogP contribution >= 0.6 is 0 Å². The zero-order valence-electron chi connectivity index (χ0n) is 11.0. The van der Waals surface area contributed by atoms with E-state index in [1.165, 1.54) is 7.11 Å². The first kappa shape index (κ1) is 14.9. The Kier molecular flexibility index (Phi) is 6.08. The molecule has 0 rings (SSSR count). The third-order valence-electron chi connectivity index (χ3n) is 2.24. The van der Waals surface area contributed by atoms with Crippen molar-refractivity contribution >= 4 is 11.9 Å². The summed E-state index contributed by atoms with van der Waals surface area (Å²) in [6, 6.07) is 0. The first-order chi connectivity index (χ1) is 7.32. The molecule has 0 saturated carbocycles. The van der Waals surface area contributed by atoms with Crippen LogP contribution < -0.4 is 0 Å². The first-order valence-electron chi connectivity index (χ1n) is 5.69. The lowest BCUT2D eigenvalue weighted by molar-refractivity contribution is -0.143. The van der Waals surface area contributed by atoms with Gasteiger partial charge in [0.2, 0.25) is 5.91 Å². The van der Waals surface area contributed by atoms with E-state index in [1.54, 1.807) is 4.90 Å². The van der Waals surface area contributed by atoms with Crippen LogP contribution in [0.5, 0.6) is 0 Å². The maximum absolute atomic E-state index is 12.0. The van der Waals surface area contributed by atoms with Gasteiger partial charge in [0.1, 0.15) is 0 Å². The molecule has 0 aliphatic carbocycles. The van der Waals surface area contributed by atoms with E-state index in [1.807, 2.05) is 27.7 Å². The molecule has 0 atom stereocenters. The van der Waals surface area contributed by atoms with Crippen LogP contribution in [0.15, 0.2) is 0 Å². The molecule has 0 bridgehead atoms. The molecule has 1 amide bonds. The number of esters is 1. The van der Waals surface area contributed by atoms with Gasteiger partial charge in [-0.3, -0.25) is 9.59 Å². The van der Waals surface area contributed by atoms with Crippen LogP contribution in [0.1, 0.15) is 40.5 Å². The molecule has 0 aliphatic heterocycles. The molecule has 0 unspecified atom stereocenters. The molecule has 0 radical (unpaired) electrons. The standard InChI is InChI=1S/C12H23NO3/c1-6-8-13(9-7-10(14)16-5)11(15)12(2,3)4/h6-9H2,1-5H3. The van der Waals surface area contributed by atoms with Crippen molar-refractivity contribution in [2.45, 2.75) is 40.5 Å². The van der Waals surface area contributed by atoms with Crippen LogP contribution in [-0.4, -0.2) is 37.0 Å². The molecule has 94 valence electrons. The van der Waals surface area contributed by atoms with Crippen molar-refractivity contribution in [2.75, 3.05) is 20.2 Å². The molecule has 0 spiro atoms. The Bertz CT molecular complexity index is 243. The Morgan fingerprint density at radius 1 is 1.19 bits per heavy atom. The summed E-state index contributed by atoms with van der Waals surface area (Å²) in [7, 11) is 1.36. The largest absolute Gasteiger partial charge is 0.469 e. The topological polar surface area (TPSA) is 46.6 Å². The summed E-state index contributed by atoms with van der Waals surface area (Å²) < 4.78 is 4.57. The molecule has 0 aromatic carbocycles. The van der Waals surface area contributed by atoms with Gasteiger partial charge in [0, 0.05) is 18.5 Å². The highest BCUT2D eigenvalue weighted by Crippen LogP contribution is 2.17. The van der Waals surface area contributed by atoms with Gasteiger partial charge in [-0.05, 0) is 6.42 Å². The van der Waals surface area contributed by atoms with Crippen molar-refractivity contribution in [1.29, 1.82) is 0 Å². The quantitative estimate of drug-likeness (QED) is 0.676. The number of carbonyl (C=O) groups is 2. The number of carbonyl (C=O) groups excluding carboxylic acids is 2.